The topological polar surface area (TPSA) is 34.4 Å². The molecule has 0 bridgehead atoms. The van der Waals surface area contributed by atoms with E-state index in [1.165, 1.54) is 22.2 Å². The van der Waals surface area contributed by atoms with Gasteiger partial charge in [0.1, 0.15) is 0 Å². The Kier molecular flexibility index (Phi) is 4.81. The Morgan fingerprint density at radius 1 is 1.30 bits per heavy atom. The molecule has 1 aromatic heterocycles. The molecule has 1 amide bonds. The van der Waals surface area contributed by atoms with Gasteiger partial charge in [-0.15, -0.1) is 6.58 Å². The summed E-state index contributed by atoms with van der Waals surface area (Å²) in [6.07, 6.45) is 7.42. The summed E-state index contributed by atoms with van der Waals surface area (Å²) in [7, 11) is 0. The lowest BCUT2D eigenvalue weighted by atomic mass is 9.89. The summed E-state index contributed by atoms with van der Waals surface area (Å²) in [5.41, 5.74) is 3.68. The smallest absolute Gasteiger partial charge is 0.251 e. The standard InChI is InChI=1S/C19H24N2OS/c1-4-10-21-16-11-13(2)14(3)12-17(16)23-19(21)20-18(22)15-8-6-5-7-9-15/h4,11-12,15H,1,5-10H2,2-3H3. The lowest BCUT2D eigenvalue weighted by molar-refractivity contribution is -0.122. The molecule has 0 spiro atoms. The van der Waals surface area contributed by atoms with Gasteiger partial charge in [-0.25, -0.2) is 0 Å². The van der Waals surface area contributed by atoms with Gasteiger partial charge in [-0.3, -0.25) is 4.79 Å². The van der Waals surface area contributed by atoms with E-state index in [9.17, 15) is 4.79 Å². The molecule has 23 heavy (non-hydrogen) atoms. The predicted octanol–water partition coefficient (Wildman–Crippen LogP) is 4.51. The summed E-state index contributed by atoms with van der Waals surface area (Å²) in [6, 6.07) is 4.38. The predicted molar refractivity (Wildman–Crippen MR) is 96.6 cm³/mol. The van der Waals surface area contributed by atoms with Crippen LogP contribution in [0.1, 0.15) is 43.2 Å². The molecule has 0 aliphatic heterocycles. The number of rotatable bonds is 3. The number of amides is 1. The fourth-order valence-corrected chi connectivity index (χ4v) is 4.37. The molecule has 1 saturated carbocycles. The highest BCUT2D eigenvalue weighted by atomic mass is 32.1. The average Bonchev–Trinajstić information content (AvgIpc) is 2.86. The maximum Gasteiger partial charge on any atom is 0.251 e. The van der Waals surface area contributed by atoms with E-state index in [4.69, 9.17) is 0 Å². The first-order valence-electron chi connectivity index (χ1n) is 8.40. The SMILES string of the molecule is C=CCn1c(=NC(=O)C2CCCCC2)sc2cc(C)c(C)cc21. The maximum absolute atomic E-state index is 12.5. The molecule has 122 valence electrons. The number of thiazole rings is 1. The van der Waals surface area contributed by atoms with Crippen molar-refractivity contribution in [3.63, 3.8) is 0 Å². The van der Waals surface area contributed by atoms with Crippen LogP contribution < -0.4 is 4.80 Å². The van der Waals surface area contributed by atoms with Gasteiger partial charge in [0.25, 0.3) is 5.91 Å². The van der Waals surface area contributed by atoms with E-state index in [1.807, 2.05) is 6.08 Å². The van der Waals surface area contributed by atoms with Gasteiger partial charge in [-0.05, 0) is 49.9 Å². The van der Waals surface area contributed by atoms with Gasteiger partial charge in [-0.2, -0.15) is 4.99 Å². The summed E-state index contributed by atoms with van der Waals surface area (Å²) in [5.74, 6) is 0.178. The molecule has 0 N–H and O–H groups in total. The first-order chi connectivity index (χ1) is 11.1. The second-order valence-electron chi connectivity index (χ2n) is 6.47. The third kappa shape index (κ3) is 3.32. The third-order valence-corrected chi connectivity index (χ3v) is 5.81. The molecule has 4 heteroatoms. The minimum Gasteiger partial charge on any atom is -0.312 e. The number of hydrogen-bond donors (Lipinski definition) is 0. The van der Waals surface area contributed by atoms with Crippen LogP contribution in [0.4, 0.5) is 0 Å². The number of fused-ring (bicyclic) bond motifs is 1. The van der Waals surface area contributed by atoms with Crippen LogP contribution in [0.3, 0.4) is 0 Å². The van der Waals surface area contributed by atoms with Gasteiger partial charge in [0.2, 0.25) is 0 Å². The quantitative estimate of drug-likeness (QED) is 0.763. The molecular weight excluding hydrogens is 304 g/mol. The zero-order chi connectivity index (χ0) is 16.4. The van der Waals surface area contributed by atoms with Gasteiger partial charge < -0.3 is 4.57 Å². The molecule has 1 fully saturated rings. The Hall–Kier alpha value is -1.68. The van der Waals surface area contributed by atoms with E-state index in [0.29, 0.717) is 6.54 Å². The zero-order valence-electron chi connectivity index (χ0n) is 14.0. The number of hydrogen-bond acceptors (Lipinski definition) is 2. The Bertz CT molecular complexity index is 807. The third-order valence-electron chi connectivity index (χ3n) is 4.77. The Labute approximate surface area is 141 Å². The second-order valence-corrected chi connectivity index (χ2v) is 7.48. The van der Waals surface area contributed by atoms with Crippen LogP contribution in [0.15, 0.2) is 29.8 Å². The average molecular weight is 328 g/mol. The van der Waals surface area contributed by atoms with Crippen molar-refractivity contribution in [2.45, 2.75) is 52.5 Å². The van der Waals surface area contributed by atoms with E-state index in [2.05, 4.69) is 42.1 Å². The Balaban J connectivity index is 2.08. The highest BCUT2D eigenvalue weighted by Gasteiger charge is 2.21. The Morgan fingerprint density at radius 2 is 2.00 bits per heavy atom. The molecule has 0 atom stereocenters. The number of aromatic nitrogens is 1. The number of benzene rings is 1. The molecule has 1 aromatic carbocycles. The molecular formula is C19H24N2OS. The number of carbonyl (C=O) groups excluding carboxylic acids is 1. The van der Waals surface area contributed by atoms with Crippen LogP contribution in [0.5, 0.6) is 0 Å². The summed E-state index contributed by atoms with van der Waals surface area (Å²) in [5, 5.41) is 0. The van der Waals surface area contributed by atoms with E-state index < -0.39 is 0 Å². The molecule has 3 rings (SSSR count). The molecule has 0 saturated heterocycles. The van der Waals surface area contributed by atoms with Gasteiger partial charge in [0.05, 0.1) is 10.2 Å². The fraction of sp³-hybridized carbons (Fsp3) is 0.474. The second kappa shape index (κ2) is 6.83. The van der Waals surface area contributed by atoms with Gasteiger partial charge in [0.15, 0.2) is 4.80 Å². The van der Waals surface area contributed by atoms with Crippen molar-refractivity contribution in [1.82, 2.24) is 4.57 Å². The van der Waals surface area contributed by atoms with Crippen molar-refractivity contribution in [2.24, 2.45) is 10.9 Å². The lowest BCUT2D eigenvalue weighted by Crippen LogP contribution is -2.21. The van der Waals surface area contributed by atoms with Crippen LogP contribution in [0, 0.1) is 19.8 Å². The fourth-order valence-electron chi connectivity index (χ4n) is 3.25. The number of allylic oxidation sites excluding steroid dienone is 1. The van der Waals surface area contributed by atoms with Crippen molar-refractivity contribution in [2.75, 3.05) is 0 Å². The van der Waals surface area contributed by atoms with Crippen molar-refractivity contribution in [3.8, 4) is 0 Å². The van der Waals surface area contributed by atoms with E-state index in [0.717, 1.165) is 36.0 Å². The van der Waals surface area contributed by atoms with Gasteiger partial charge in [-0.1, -0.05) is 36.7 Å². The van der Waals surface area contributed by atoms with E-state index in [-0.39, 0.29) is 11.8 Å². The molecule has 1 aliphatic carbocycles. The van der Waals surface area contributed by atoms with Crippen LogP contribution in [0.25, 0.3) is 10.2 Å². The minimum absolute atomic E-state index is 0.0579. The lowest BCUT2D eigenvalue weighted by Gasteiger charge is -2.17. The summed E-state index contributed by atoms with van der Waals surface area (Å²) in [6.45, 7) is 8.77. The van der Waals surface area contributed by atoms with Gasteiger partial charge in [0, 0.05) is 12.5 Å². The minimum atomic E-state index is 0.0579. The van der Waals surface area contributed by atoms with Crippen LogP contribution >= 0.6 is 11.3 Å². The normalized spacial score (nSPS) is 16.9. The Morgan fingerprint density at radius 3 is 2.70 bits per heavy atom. The maximum atomic E-state index is 12.5. The first-order valence-corrected chi connectivity index (χ1v) is 9.22. The first kappa shape index (κ1) is 16.2. The highest BCUT2D eigenvalue weighted by molar-refractivity contribution is 7.16. The highest BCUT2D eigenvalue weighted by Crippen LogP contribution is 2.25. The molecule has 1 aliphatic rings. The molecule has 1 heterocycles. The monoisotopic (exact) mass is 328 g/mol. The summed E-state index contributed by atoms with van der Waals surface area (Å²) < 4.78 is 3.30. The largest absolute Gasteiger partial charge is 0.312 e. The summed E-state index contributed by atoms with van der Waals surface area (Å²) >= 11 is 1.61. The number of carbonyl (C=O) groups is 1. The molecule has 0 unspecified atom stereocenters. The molecule has 0 radical (unpaired) electrons. The number of nitrogens with zero attached hydrogens (tertiary/aromatic N) is 2. The van der Waals surface area contributed by atoms with Crippen molar-refractivity contribution in [1.29, 1.82) is 0 Å². The number of aryl methyl sites for hydroxylation is 2. The summed E-state index contributed by atoms with van der Waals surface area (Å²) in [4.78, 5) is 17.8. The van der Waals surface area contributed by atoms with Crippen LogP contribution in [-0.4, -0.2) is 10.5 Å². The van der Waals surface area contributed by atoms with Crippen molar-refractivity contribution in [3.05, 3.63) is 40.7 Å². The van der Waals surface area contributed by atoms with E-state index in [1.54, 1.807) is 11.3 Å². The molecule has 3 nitrogen and oxygen atoms in total. The molecule has 2 aromatic rings. The zero-order valence-corrected chi connectivity index (χ0v) is 14.8. The van der Waals surface area contributed by atoms with Crippen LogP contribution in [0.2, 0.25) is 0 Å². The van der Waals surface area contributed by atoms with Gasteiger partial charge >= 0.3 is 0 Å². The van der Waals surface area contributed by atoms with Crippen molar-refractivity contribution >= 4 is 27.5 Å². The van der Waals surface area contributed by atoms with Crippen molar-refractivity contribution < 1.29 is 4.79 Å². The van der Waals surface area contributed by atoms with E-state index >= 15 is 0 Å². The van der Waals surface area contributed by atoms with Crippen LogP contribution in [-0.2, 0) is 11.3 Å².